The summed E-state index contributed by atoms with van der Waals surface area (Å²) in [5, 5.41) is 2.44. The smallest absolute Gasteiger partial charge is 0.253 e. The van der Waals surface area contributed by atoms with Gasteiger partial charge in [-0.3, -0.25) is 4.79 Å². The summed E-state index contributed by atoms with van der Waals surface area (Å²) in [5.41, 5.74) is 8.22. The summed E-state index contributed by atoms with van der Waals surface area (Å²) in [6.07, 6.45) is 3.85. The quantitative estimate of drug-likeness (QED) is 0.597. The number of hydrogen-bond donors (Lipinski definition) is 1. The van der Waals surface area contributed by atoms with Crippen molar-refractivity contribution < 1.29 is 4.79 Å². The Kier molecular flexibility index (Phi) is 5.42. The predicted molar refractivity (Wildman–Crippen MR) is 118 cm³/mol. The zero-order valence-corrected chi connectivity index (χ0v) is 17.0. The van der Waals surface area contributed by atoms with Crippen molar-refractivity contribution >= 4 is 34.1 Å². The standard InChI is InChI=1S/C24H22ClN3O/c1-16-10-12-28(13-11-16)24(29)18-5-2-17(3-6-18)4-9-21-22-14-20(25)8-7-19(22)15-27-23(21)26/h2-3,5-8,14-16H,10-13H2,1H3,(H2,26,27). The third kappa shape index (κ3) is 4.21. The van der Waals surface area contributed by atoms with Gasteiger partial charge in [0, 0.05) is 46.2 Å². The molecule has 4 rings (SSSR count). The Hall–Kier alpha value is -3.03. The lowest BCUT2D eigenvalue weighted by molar-refractivity contribution is 0.0697. The van der Waals surface area contributed by atoms with Gasteiger partial charge >= 0.3 is 0 Å². The second-order valence-electron chi connectivity index (χ2n) is 7.55. The van der Waals surface area contributed by atoms with Crippen LogP contribution in [0.3, 0.4) is 0 Å². The van der Waals surface area contributed by atoms with Crippen molar-refractivity contribution in [3.8, 4) is 11.8 Å². The number of nitrogens with two attached hydrogens (primary N) is 1. The number of piperidine rings is 1. The summed E-state index contributed by atoms with van der Waals surface area (Å²) in [6.45, 7) is 3.90. The molecule has 0 saturated carbocycles. The molecule has 1 amide bonds. The topological polar surface area (TPSA) is 59.2 Å². The normalized spacial score (nSPS) is 14.5. The Bertz CT molecular complexity index is 1120. The number of aromatic nitrogens is 1. The van der Waals surface area contributed by atoms with Gasteiger partial charge in [-0.2, -0.15) is 0 Å². The molecule has 0 unspecified atom stereocenters. The van der Waals surface area contributed by atoms with Crippen LogP contribution in [-0.4, -0.2) is 28.9 Å². The third-order valence-corrected chi connectivity index (χ3v) is 5.65. The summed E-state index contributed by atoms with van der Waals surface area (Å²) < 4.78 is 0. The van der Waals surface area contributed by atoms with Gasteiger partial charge in [0.25, 0.3) is 5.91 Å². The third-order valence-electron chi connectivity index (χ3n) is 5.42. The van der Waals surface area contributed by atoms with E-state index in [9.17, 15) is 4.79 Å². The highest BCUT2D eigenvalue weighted by atomic mass is 35.5. The van der Waals surface area contributed by atoms with E-state index in [0.29, 0.717) is 27.9 Å². The van der Waals surface area contributed by atoms with Crippen LogP contribution < -0.4 is 5.73 Å². The molecule has 1 saturated heterocycles. The van der Waals surface area contributed by atoms with E-state index < -0.39 is 0 Å². The number of nitrogens with zero attached hydrogens (tertiary/aromatic N) is 2. The number of hydrogen-bond acceptors (Lipinski definition) is 3. The molecular formula is C24H22ClN3O. The zero-order valence-electron chi connectivity index (χ0n) is 16.3. The van der Waals surface area contributed by atoms with Gasteiger partial charge < -0.3 is 10.6 Å². The van der Waals surface area contributed by atoms with Crippen molar-refractivity contribution in [2.45, 2.75) is 19.8 Å². The van der Waals surface area contributed by atoms with Crippen LogP contribution in [0.1, 0.15) is 41.3 Å². The van der Waals surface area contributed by atoms with E-state index in [1.807, 2.05) is 47.4 Å². The molecule has 2 aromatic carbocycles. The van der Waals surface area contributed by atoms with Gasteiger partial charge in [0.15, 0.2) is 0 Å². The fraction of sp³-hybridized carbons (Fsp3) is 0.250. The molecule has 1 aromatic heterocycles. The van der Waals surface area contributed by atoms with E-state index >= 15 is 0 Å². The molecule has 29 heavy (non-hydrogen) atoms. The van der Waals surface area contributed by atoms with Crippen LogP contribution in [0, 0.1) is 17.8 Å². The number of likely N-dealkylation sites (tertiary alicyclic amines) is 1. The lowest BCUT2D eigenvalue weighted by Gasteiger charge is -2.30. The first-order chi connectivity index (χ1) is 14.0. The molecule has 0 spiro atoms. The van der Waals surface area contributed by atoms with Crippen molar-refractivity contribution in [1.82, 2.24) is 9.88 Å². The summed E-state index contributed by atoms with van der Waals surface area (Å²) >= 11 is 6.13. The molecule has 0 radical (unpaired) electrons. The van der Waals surface area contributed by atoms with Crippen molar-refractivity contribution in [2.75, 3.05) is 18.8 Å². The molecule has 0 atom stereocenters. The fourth-order valence-corrected chi connectivity index (χ4v) is 3.73. The van der Waals surface area contributed by atoms with Crippen molar-refractivity contribution in [3.05, 3.63) is 70.4 Å². The maximum atomic E-state index is 12.7. The van der Waals surface area contributed by atoms with Gasteiger partial charge in [0.05, 0.1) is 5.56 Å². The van der Waals surface area contributed by atoms with Crippen LogP contribution in [0.15, 0.2) is 48.7 Å². The second-order valence-corrected chi connectivity index (χ2v) is 7.99. The Labute approximate surface area is 175 Å². The van der Waals surface area contributed by atoms with Gasteiger partial charge in [-0.25, -0.2) is 4.98 Å². The Balaban J connectivity index is 1.57. The molecule has 2 heterocycles. The number of anilines is 1. The molecule has 1 aliphatic rings. The highest BCUT2D eigenvalue weighted by Crippen LogP contribution is 2.25. The van der Waals surface area contributed by atoms with E-state index in [1.165, 1.54) is 0 Å². The van der Waals surface area contributed by atoms with Crippen LogP contribution >= 0.6 is 11.6 Å². The van der Waals surface area contributed by atoms with E-state index in [0.717, 1.165) is 42.3 Å². The van der Waals surface area contributed by atoms with Gasteiger partial charge in [0.2, 0.25) is 0 Å². The van der Waals surface area contributed by atoms with E-state index in [2.05, 4.69) is 23.7 Å². The minimum atomic E-state index is 0.0912. The van der Waals surface area contributed by atoms with Crippen molar-refractivity contribution in [3.63, 3.8) is 0 Å². The molecule has 3 aromatic rings. The molecule has 1 aliphatic heterocycles. The molecule has 5 heteroatoms. The van der Waals surface area contributed by atoms with E-state index in [4.69, 9.17) is 17.3 Å². The Morgan fingerprint density at radius 3 is 2.59 bits per heavy atom. The number of pyridine rings is 1. The second kappa shape index (κ2) is 8.14. The zero-order chi connectivity index (χ0) is 20.4. The average Bonchev–Trinajstić information content (AvgIpc) is 2.73. The summed E-state index contributed by atoms with van der Waals surface area (Å²) in [5.74, 6) is 7.41. The molecule has 0 bridgehead atoms. The number of rotatable bonds is 1. The highest BCUT2D eigenvalue weighted by Gasteiger charge is 2.21. The van der Waals surface area contributed by atoms with Crippen molar-refractivity contribution in [2.24, 2.45) is 5.92 Å². The monoisotopic (exact) mass is 403 g/mol. The van der Waals surface area contributed by atoms with Crippen LogP contribution in [0.5, 0.6) is 0 Å². The summed E-state index contributed by atoms with van der Waals surface area (Å²) in [4.78, 5) is 18.8. The predicted octanol–water partition coefficient (Wildman–Crippen LogP) is 4.74. The fourth-order valence-electron chi connectivity index (χ4n) is 3.56. The van der Waals surface area contributed by atoms with Gasteiger partial charge in [-0.15, -0.1) is 0 Å². The average molecular weight is 404 g/mol. The maximum Gasteiger partial charge on any atom is 0.253 e. The number of amides is 1. The van der Waals surface area contributed by atoms with Crippen LogP contribution in [0.4, 0.5) is 5.82 Å². The number of nitrogen functional groups attached to an aromatic ring is 1. The van der Waals surface area contributed by atoms with Gasteiger partial charge in [0.1, 0.15) is 5.82 Å². The van der Waals surface area contributed by atoms with Crippen LogP contribution in [-0.2, 0) is 0 Å². The number of carbonyl (C=O) groups excluding carboxylic acids is 1. The molecule has 0 aliphatic carbocycles. The first kappa shape index (κ1) is 19.3. The van der Waals surface area contributed by atoms with E-state index in [1.54, 1.807) is 6.20 Å². The maximum absolute atomic E-state index is 12.7. The lowest BCUT2D eigenvalue weighted by Crippen LogP contribution is -2.37. The van der Waals surface area contributed by atoms with Gasteiger partial charge in [-0.1, -0.05) is 36.4 Å². The highest BCUT2D eigenvalue weighted by molar-refractivity contribution is 6.31. The first-order valence-corrected chi connectivity index (χ1v) is 10.1. The number of halogens is 1. The molecule has 4 nitrogen and oxygen atoms in total. The van der Waals surface area contributed by atoms with Crippen LogP contribution in [0.2, 0.25) is 5.02 Å². The molecule has 146 valence electrons. The van der Waals surface area contributed by atoms with Crippen LogP contribution in [0.25, 0.3) is 10.8 Å². The van der Waals surface area contributed by atoms with Gasteiger partial charge in [-0.05, 0) is 55.2 Å². The molecular weight excluding hydrogens is 382 g/mol. The molecule has 1 fully saturated rings. The van der Waals surface area contributed by atoms with Crippen molar-refractivity contribution in [1.29, 1.82) is 0 Å². The molecule has 2 N–H and O–H groups in total. The SMILES string of the molecule is CC1CCN(C(=O)c2ccc(C#Cc3c(N)ncc4ccc(Cl)cc34)cc2)CC1. The lowest BCUT2D eigenvalue weighted by atomic mass is 9.98. The number of fused-ring (bicyclic) bond motifs is 1. The number of benzene rings is 2. The van der Waals surface area contributed by atoms with E-state index in [-0.39, 0.29) is 5.91 Å². The summed E-state index contributed by atoms with van der Waals surface area (Å²) in [6, 6.07) is 13.0. The number of carbonyl (C=O) groups is 1. The Morgan fingerprint density at radius 1 is 1.14 bits per heavy atom. The largest absolute Gasteiger partial charge is 0.383 e. The Morgan fingerprint density at radius 2 is 1.86 bits per heavy atom. The minimum Gasteiger partial charge on any atom is -0.383 e. The minimum absolute atomic E-state index is 0.0912. The summed E-state index contributed by atoms with van der Waals surface area (Å²) in [7, 11) is 0. The first-order valence-electron chi connectivity index (χ1n) is 9.76.